The number of nitrogens with zero attached hydrogens (tertiary/aromatic N) is 4. The van der Waals surface area contributed by atoms with Gasteiger partial charge < -0.3 is 10.2 Å². The van der Waals surface area contributed by atoms with Crippen LogP contribution in [-0.4, -0.2) is 72.5 Å². The van der Waals surface area contributed by atoms with Crippen molar-refractivity contribution >= 4 is 33.6 Å². The van der Waals surface area contributed by atoms with E-state index >= 15 is 0 Å². The van der Waals surface area contributed by atoms with Crippen molar-refractivity contribution in [3.8, 4) is 6.07 Å². The topological polar surface area (TPSA) is 114 Å². The van der Waals surface area contributed by atoms with E-state index in [0.717, 1.165) is 12.1 Å². The summed E-state index contributed by atoms with van der Waals surface area (Å²) >= 11 is 5.56. The molecule has 3 fully saturated rings. The molecule has 1 aromatic rings. The van der Waals surface area contributed by atoms with Crippen LogP contribution >= 0.6 is 11.6 Å². The van der Waals surface area contributed by atoms with Gasteiger partial charge in [0.25, 0.3) is 10.2 Å². The second-order valence-electron chi connectivity index (χ2n) is 9.11. The van der Waals surface area contributed by atoms with Crippen LogP contribution in [0.1, 0.15) is 31.2 Å². The maximum absolute atomic E-state index is 14.0. The number of halogens is 3. The highest BCUT2D eigenvalue weighted by Crippen LogP contribution is 2.29. The molecule has 13 heteroatoms. The van der Waals surface area contributed by atoms with Crippen molar-refractivity contribution in [2.24, 2.45) is 11.8 Å². The van der Waals surface area contributed by atoms with Crippen molar-refractivity contribution in [2.45, 2.75) is 38.3 Å². The molecule has 35 heavy (non-hydrogen) atoms. The fourth-order valence-corrected chi connectivity index (χ4v) is 6.70. The molecule has 1 aromatic carbocycles. The van der Waals surface area contributed by atoms with Crippen LogP contribution in [-0.2, 0) is 26.3 Å². The third-order valence-corrected chi connectivity index (χ3v) is 9.02. The Morgan fingerprint density at radius 3 is 2.51 bits per heavy atom. The van der Waals surface area contributed by atoms with E-state index in [9.17, 15) is 26.8 Å². The van der Waals surface area contributed by atoms with Crippen molar-refractivity contribution in [2.75, 3.05) is 32.7 Å². The Hall–Kier alpha value is -2.33. The van der Waals surface area contributed by atoms with Crippen molar-refractivity contribution in [3.63, 3.8) is 0 Å². The molecule has 0 saturated carbocycles. The molecule has 3 aliphatic rings. The zero-order valence-corrected chi connectivity index (χ0v) is 20.5. The van der Waals surface area contributed by atoms with Crippen LogP contribution < -0.4 is 5.32 Å². The smallest absolute Gasteiger partial charge is 0.282 e. The summed E-state index contributed by atoms with van der Waals surface area (Å²) in [6.45, 7) is 0.731. The van der Waals surface area contributed by atoms with E-state index in [1.54, 1.807) is 0 Å². The molecule has 0 bridgehead atoms. The van der Waals surface area contributed by atoms with Gasteiger partial charge in [0.05, 0.1) is 22.9 Å². The number of amides is 2. The third-order valence-electron chi connectivity index (χ3n) is 6.80. The van der Waals surface area contributed by atoms with E-state index in [2.05, 4.69) is 5.32 Å². The van der Waals surface area contributed by atoms with E-state index in [-0.39, 0.29) is 48.6 Å². The van der Waals surface area contributed by atoms with Crippen LogP contribution in [0, 0.1) is 34.8 Å². The average Bonchev–Trinajstić information content (AvgIpc) is 3.29. The van der Waals surface area contributed by atoms with Crippen molar-refractivity contribution in [1.82, 2.24) is 18.8 Å². The van der Waals surface area contributed by atoms with Gasteiger partial charge >= 0.3 is 0 Å². The molecule has 3 aliphatic heterocycles. The summed E-state index contributed by atoms with van der Waals surface area (Å²) < 4.78 is 56.0. The number of hydrogen-bond acceptors (Lipinski definition) is 5. The molecule has 0 aromatic heterocycles. The fraction of sp³-hybridized carbons (Fsp3) is 0.591. The van der Waals surface area contributed by atoms with Gasteiger partial charge in [-0.2, -0.15) is 22.3 Å². The zero-order chi connectivity index (χ0) is 25.3. The van der Waals surface area contributed by atoms with Gasteiger partial charge in [-0.1, -0.05) is 11.6 Å². The molecular formula is C22H26ClF2N5O4S. The molecule has 2 amide bonds. The molecule has 9 nitrogen and oxygen atoms in total. The SMILES string of the molecule is N#CC1CN(S(=O)(=O)N2CCC[C@H](C(=O)N3CCC[C@@H]3C(=O)NCc3cc(F)c(Cl)cc3F)C2)C1. The van der Waals surface area contributed by atoms with Gasteiger partial charge in [0, 0.05) is 44.8 Å². The number of likely N-dealkylation sites (tertiary alicyclic amines) is 1. The molecule has 3 heterocycles. The first-order valence-electron chi connectivity index (χ1n) is 11.5. The van der Waals surface area contributed by atoms with Crippen molar-refractivity contribution < 1.29 is 26.8 Å². The fourth-order valence-electron chi connectivity index (χ4n) is 4.76. The lowest BCUT2D eigenvalue weighted by molar-refractivity contribution is -0.142. The molecule has 4 rings (SSSR count). The van der Waals surface area contributed by atoms with Gasteiger partial charge in [-0.25, -0.2) is 8.78 Å². The highest BCUT2D eigenvalue weighted by molar-refractivity contribution is 7.86. The Labute approximate surface area is 207 Å². The Bertz CT molecular complexity index is 1160. The second-order valence-corrected chi connectivity index (χ2v) is 11.4. The summed E-state index contributed by atoms with van der Waals surface area (Å²) in [6, 6.07) is 3.04. The summed E-state index contributed by atoms with van der Waals surface area (Å²) in [5.74, 6) is -3.20. The minimum absolute atomic E-state index is 0.0228. The Balaban J connectivity index is 1.37. The highest BCUT2D eigenvalue weighted by Gasteiger charge is 2.44. The molecule has 0 radical (unpaired) electrons. The first kappa shape index (κ1) is 25.8. The number of benzene rings is 1. The lowest BCUT2D eigenvalue weighted by Crippen LogP contribution is -2.57. The molecule has 0 unspecified atom stereocenters. The molecule has 2 atom stereocenters. The average molecular weight is 530 g/mol. The second kappa shape index (κ2) is 10.3. The minimum Gasteiger partial charge on any atom is -0.350 e. The quantitative estimate of drug-likeness (QED) is 0.563. The summed E-state index contributed by atoms with van der Waals surface area (Å²) in [6.07, 6.45) is 2.04. The lowest BCUT2D eigenvalue weighted by atomic mass is 9.97. The van der Waals surface area contributed by atoms with Gasteiger partial charge in [0.2, 0.25) is 11.8 Å². The van der Waals surface area contributed by atoms with Crippen molar-refractivity contribution in [3.05, 3.63) is 34.4 Å². The summed E-state index contributed by atoms with van der Waals surface area (Å²) in [7, 11) is -3.75. The number of carbonyl (C=O) groups excluding carboxylic acids is 2. The van der Waals surface area contributed by atoms with E-state index in [1.165, 1.54) is 13.5 Å². The first-order valence-corrected chi connectivity index (χ1v) is 13.3. The minimum atomic E-state index is -3.75. The molecule has 0 aliphatic carbocycles. The number of piperidine rings is 1. The predicted molar refractivity (Wildman–Crippen MR) is 122 cm³/mol. The normalized spacial score (nSPS) is 24.1. The molecule has 1 N–H and O–H groups in total. The van der Waals surface area contributed by atoms with Crippen LogP contribution in [0.5, 0.6) is 0 Å². The lowest BCUT2D eigenvalue weighted by Gasteiger charge is -2.41. The molecule has 190 valence electrons. The van der Waals surface area contributed by atoms with Gasteiger partial charge in [0.15, 0.2) is 0 Å². The largest absolute Gasteiger partial charge is 0.350 e. The van der Waals surface area contributed by atoms with Gasteiger partial charge in [-0.05, 0) is 37.8 Å². The molecule has 3 saturated heterocycles. The Morgan fingerprint density at radius 1 is 1.09 bits per heavy atom. The van der Waals surface area contributed by atoms with Crippen LogP contribution in [0.2, 0.25) is 5.02 Å². The highest BCUT2D eigenvalue weighted by atomic mass is 35.5. The molecular weight excluding hydrogens is 504 g/mol. The monoisotopic (exact) mass is 529 g/mol. The number of nitrogens with one attached hydrogen (secondary N) is 1. The van der Waals surface area contributed by atoms with Crippen LogP contribution in [0.15, 0.2) is 12.1 Å². The zero-order valence-electron chi connectivity index (χ0n) is 18.9. The molecule has 0 spiro atoms. The Morgan fingerprint density at radius 2 is 1.80 bits per heavy atom. The first-order chi connectivity index (χ1) is 16.6. The summed E-state index contributed by atoms with van der Waals surface area (Å²) in [4.78, 5) is 27.6. The van der Waals surface area contributed by atoms with Crippen LogP contribution in [0.3, 0.4) is 0 Å². The van der Waals surface area contributed by atoms with E-state index in [4.69, 9.17) is 16.9 Å². The van der Waals surface area contributed by atoms with E-state index in [0.29, 0.717) is 38.8 Å². The maximum atomic E-state index is 14.0. The number of hydrogen-bond donors (Lipinski definition) is 1. The van der Waals surface area contributed by atoms with Crippen LogP contribution in [0.25, 0.3) is 0 Å². The van der Waals surface area contributed by atoms with E-state index in [1.807, 2.05) is 6.07 Å². The van der Waals surface area contributed by atoms with Crippen molar-refractivity contribution in [1.29, 1.82) is 5.26 Å². The van der Waals surface area contributed by atoms with Gasteiger partial charge in [-0.3, -0.25) is 9.59 Å². The van der Waals surface area contributed by atoms with Gasteiger partial charge in [-0.15, -0.1) is 0 Å². The number of nitriles is 1. The third kappa shape index (κ3) is 5.28. The van der Waals surface area contributed by atoms with Crippen LogP contribution in [0.4, 0.5) is 8.78 Å². The Kier molecular flexibility index (Phi) is 7.61. The predicted octanol–water partition coefficient (Wildman–Crippen LogP) is 1.64. The number of rotatable bonds is 6. The summed E-state index contributed by atoms with van der Waals surface area (Å²) in [5, 5.41) is 11.1. The maximum Gasteiger partial charge on any atom is 0.282 e. The van der Waals surface area contributed by atoms with E-state index < -0.39 is 39.7 Å². The summed E-state index contributed by atoms with van der Waals surface area (Å²) in [5.41, 5.74) is -0.0612. The standard InChI is InChI=1S/C22H26ClF2N5O4S/c23-17-8-18(24)16(7-19(17)25)10-27-21(31)20-4-2-6-30(20)22(32)15-3-1-5-28(13-15)35(33,34)29-11-14(9-26)12-29/h7-8,14-15,20H,1-6,10-13H2,(H,27,31)/t15-,20+/m0/s1. The number of carbonyl (C=O) groups is 2. The van der Waals surface area contributed by atoms with Gasteiger partial charge in [0.1, 0.15) is 17.7 Å².